The number of likely N-dealkylation sites (tertiary alicyclic amines) is 1. The van der Waals surface area contributed by atoms with E-state index < -0.39 is 0 Å². The molecular formula is C18H19N5. The van der Waals surface area contributed by atoms with Crippen molar-refractivity contribution in [1.82, 2.24) is 19.1 Å². The molecule has 0 radical (unpaired) electrons. The van der Waals surface area contributed by atoms with Crippen LogP contribution in [0.1, 0.15) is 35.6 Å². The highest BCUT2D eigenvalue weighted by atomic mass is 15.3. The van der Waals surface area contributed by atoms with E-state index in [0.717, 1.165) is 36.2 Å². The minimum atomic E-state index is 0.401. The zero-order chi connectivity index (χ0) is 15.8. The first-order chi connectivity index (χ1) is 11.3. The predicted molar refractivity (Wildman–Crippen MR) is 87.7 cm³/mol. The van der Waals surface area contributed by atoms with Gasteiger partial charge in [0.1, 0.15) is 6.07 Å². The van der Waals surface area contributed by atoms with E-state index in [9.17, 15) is 5.26 Å². The van der Waals surface area contributed by atoms with Crippen molar-refractivity contribution in [1.29, 1.82) is 5.26 Å². The molecule has 23 heavy (non-hydrogen) atoms. The van der Waals surface area contributed by atoms with Crippen molar-refractivity contribution < 1.29 is 0 Å². The maximum absolute atomic E-state index is 9.57. The third-order valence-corrected chi connectivity index (χ3v) is 4.72. The molecule has 5 heteroatoms. The van der Waals surface area contributed by atoms with E-state index in [1.54, 1.807) is 0 Å². The lowest BCUT2D eigenvalue weighted by atomic mass is 10.1. The van der Waals surface area contributed by atoms with Crippen molar-refractivity contribution >= 4 is 5.52 Å². The molecule has 0 saturated carbocycles. The van der Waals surface area contributed by atoms with Gasteiger partial charge in [-0.05, 0) is 31.5 Å². The van der Waals surface area contributed by atoms with Gasteiger partial charge in [-0.2, -0.15) is 10.4 Å². The van der Waals surface area contributed by atoms with Gasteiger partial charge in [0.15, 0.2) is 0 Å². The fourth-order valence-electron chi connectivity index (χ4n) is 3.65. The highest BCUT2D eigenvalue weighted by Gasteiger charge is 2.28. The van der Waals surface area contributed by atoms with Crippen molar-refractivity contribution in [2.75, 3.05) is 6.54 Å². The minimum absolute atomic E-state index is 0.401. The Labute approximate surface area is 135 Å². The Bertz CT molecular complexity index is 882. The van der Waals surface area contributed by atoms with E-state index in [1.165, 1.54) is 12.0 Å². The molecular weight excluding hydrogens is 286 g/mol. The summed E-state index contributed by atoms with van der Waals surface area (Å²) in [6, 6.07) is 8.77. The molecule has 4 rings (SSSR count). The Morgan fingerprint density at radius 3 is 3.04 bits per heavy atom. The summed E-state index contributed by atoms with van der Waals surface area (Å²) in [4.78, 5) is 2.46. The molecule has 3 aromatic rings. The summed E-state index contributed by atoms with van der Waals surface area (Å²) >= 11 is 0. The zero-order valence-corrected chi connectivity index (χ0v) is 13.2. The van der Waals surface area contributed by atoms with Gasteiger partial charge in [0.2, 0.25) is 0 Å². The molecule has 1 aliphatic rings. The van der Waals surface area contributed by atoms with E-state index >= 15 is 0 Å². The Kier molecular flexibility index (Phi) is 3.40. The highest BCUT2D eigenvalue weighted by molar-refractivity contribution is 5.65. The minimum Gasteiger partial charge on any atom is -0.322 e. The lowest BCUT2D eigenvalue weighted by molar-refractivity contribution is 0.248. The molecule has 5 nitrogen and oxygen atoms in total. The summed E-state index contributed by atoms with van der Waals surface area (Å²) in [5.74, 6) is 0. The number of pyridine rings is 1. The molecule has 0 amide bonds. The van der Waals surface area contributed by atoms with E-state index in [1.807, 2.05) is 46.7 Å². The molecule has 0 bridgehead atoms. The molecule has 1 saturated heterocycles. The summed E-state index contributed by atoms with van der Waals surface area (Å²) in [7, 11) is 1.96. The Balaban J connectivity index is 1.66. The van der Waals surface area contributed by atoms with Gasteiger partial charge in [0.05, 0.1) is 17.3 Å². The van der Waals surface area contributed by atoms with Gasteiger partial charge >= 0.3 is 0 Å². The van der Waals surface area contributed by atoms with Gasteiger partial charge in [-0.15, -0.1) is 0 Å². The second-order valence-electron chi connectivity index (χ2n) is 6.21. The molecule has 0 unspecified atom stereocenters. The zero-order valence-electron chi connectivity index (χ0n) is 13.2. The Morgan fingerprint density at radius 1 is 1.35 bits per heavy atom. The lowest BCUT2D eigenvalue weighted by Crippen LogP contribution is -2.22. The molecule has 0 aromatic carbocycles. The van der Waals surface area contributed by atoms with Gasteiger partial charge < -0.3 is 4.40 Å². The van der Waals surface area contributed by atoms with Crippen molar-refractivity contribution in [3.63, 3.8) is 0 Å². The number of hydrogen-bond donors (Lipinski definition) is 0. The number of fused-ring (bicyclic) bond motifs is 1. The van der Waals surface area contributed by atoms with Crippen LogP contribution in [0.5, 0.6) is 0 Å². The number of aromatic nitrogens is 3. The monoisotopic (exact) mass is 305 g/mol. The van der Waals surface area contributed by atoms with Crippen LogP contribution in [0.3, 0.4) is 0 Å². The summed E-state index contributed by atoms with van der Waals surface area (Å²) in [6.07, 6.45) is 10.5. The largest absolute Gasteiger partial charge is 0.322 e. The summed E-state index contributed by atoms with van der Waals surface area (Å²) < 4.78 is 3.91. The van der Waals surface area contributed by atoms with Gasteiger partial charge in [0, 0.05) is 49.4 Å². The van der Waals surface area contributed by atoms with E-state index in [4.69, 9.17) is 0 Å². The van der Waals surface area contributed by atoms with E-state index in [-0.39, 0.29) is 0 Å². The Hall–Kier alpha value is -2.58. The smallest absolute Gasteiger partial charge is 0.102 e. The SMILES string of the molecule is Cn1cc([C@H]2CCCN2Cc2cn3ccccc3c2C#N)cn1. The quantitative estimate of drug-likeness (QED) is 0.747. The van der Waals surface area contributed by atoms with Crippen LogP contribution in [0.4, 0.5) is 0 Å². The molecule has 0 aliphatic carbocycles. The van der Waals surface area contributed by atoms with Crippen molar-refractivity contribution in [2.24, 2.45) is 7.05 Å². The van der Waals surface area contributed by atoms with Crippen LogP contribution in [-0.4, -0.2) is 25.6 Å². The molecule has 3 aromatic heterocycles. The number of rotatable bonds is 3. The first-order valence-corrected chi connectivity index (χ1v) is 7.97. The van der Waals surface area contributed by atoms with Crippen LogP contribution in [0.2, 0.25) is 0 Å². The maximum Gasteiger partial charge on any atom is 0.102 e. The number of hydrogen-bond acceptors (Lipinski definition) is 3. The van der Waals surface area contributed by atoms with Crippen LogP contribution in [-0.2, 0) is 13.6 Å². The highest BCUT2D eigenvalue weighted by Crippen LogP contribution is 2.33. The summed E-state index contributed by atoms with van der Waals surface area (Å²) in [5.41, 5.74) is 4.16. The van der Waals surface area contributed by atoms with Crippen LogP contribution in [0.15, 0.2) is 43.0 Å². The third-order valence-electron chi connectivity index (χ3n) is 4.72. The molecule has 0 N–H and O–H groups in total. The topological polar surface area (TPSA) is 49.3 Å². The number of nitrogens with zero attached hydrogens (tertiary/aromatic N) is 5. The molecule has 0 spiro atoms. The lowest BCUT2D eigenvalue weighted by Gasteiger charge is -2.23. The Morgan fingerprint density at radius 2 is 2.26 bits per heavy atom. The second-order valence-corrected chi connectivity index (χ2v) is 6.21. The van der Waals surface area contributed by atoms with Crippen molar-refractivity contribution in [2.45, 2.75) is 25.4 Å². The molecule has 1 fully saturated rings. The number of aryl methyl sites for hydroxylation is 1. The van der Waals surface area contributed by atoms with Gasteiger partial charge in [-0.3, -0.25) is 9.58 Å². The third kappa shape index (κ3) is 2.41. The standard InChI is InChI=1S/C18H19N5/c1-21-11-14(10-20-21)17-6-4-8-22(17)12-15-13-23-7-3-2-5-18(23)16(15)9-19/h2-3,5,7,10-11,13,17H,4,6,8,12H2,1H3/t17-/m1/s1. The average Bonchev–Trinajstić information content (AvgIpc) is 3.25. The van der Waals surface area contributed by atoms with E-state index in [2.05, 4.69) is 28.5 Å². The predicted octanol–water partition coefficient (Wildman–Crippen LogP) is 2.88. The fraction of sp³-hybridized carbons (Fsp3) is 0.333. The van der Waals surface area contributed by atoms with Gasteiger partial charge in [0.25, 0.3) is 0 Å². The number of nitriles is 1. The van der Waals surface area contributed by atoms with Gasteiger partial charge in [-0.1, -0.05) is 6.07 Å². The first-order valence-electron chi connectivity index (χ1n) is 7.97. The van der Waals surface area contributed by atoms with Crippen LogP contribution in [0.25, 0.3) is 5.52 Å². The normalized spacial score (nSPS) is 18.5. The van der Waals surface area contributed by atoms with Crippen molar-refractivity contribution in [3.05, 3.63) is 59.7 Å². The molecule has 1 aliphatic heterocycles. The average molecular weight is 305 g/mol. The van der Waals surface area contributed by atoms with Crippen LogP contribution < -0.4 is 0 Å². The molecule has 4 heterocycles. The van der Waals surface area contributed by atoms with Crippen LogP contribution >= 0.6 is 0 Å². The molecule has 1 atom stereocenters. The van der Waals surface area contributed by atoms with Crippen LogP contribution in [0, 0.1) is 11.3 Å². The first kappa shape index (κ1) is 14.0. The fourth-order valence-corrected chi connectivity index (χ4v) is 3.65. The van der Waals surface area contributed by atoms with Gasteiger partial charge in [-0.25, -0.2) is 0 Å². The second kappa shape index (κ2) is 5.56. The van der Waals surface area contributed by atoms with Crippen molar-refractivity contribution in [3.8, 4) is 6.07 Å². The molecule has 116 valence electrons. The summed E-state index contributed by atoms with van der Waals surface area (Å²) in [5, 5.41) is 13.9. The maximum atomic E-state index is 9.57. The van der Waals surface area contributed by atoms with E-state index in [0.29, 0.717) is 6.04 Å². The summed E-state index contributed by atoms with van der Waals surface area (Å²) in [6.45, 7) is 1.88.